The third-order valence-electron chi connectivity index (χ3n) is 9.04. The Morgan fingerprint density at radius 3 is 2.57 bits per heavy atom. The highest BCUT2D eigenvalue weighted by molar-refractivity contribution is 5.97. The van der Waals surface area contributed by atoms with E-state index in [1.165, 1.54) is 26.9 Å². The number of hydrogen-bond donors (Lipinski definition) is 0. The summed E-state index contributed by atoms with van der Waals surface area (Å²) >= 11 is 0. The zero-order valence-corrected chi connectivity index (χ0v) is 24.4. The van der Waals surface area contributed by atoms with E-state index in [2.05, 4.69) is 77.7 Å². The molecule has 0 spiro atoms. The largest absolute Gasteiger partial charge is 0.475 e. The van der Waals surface area contributed by atoms with Crippen molar-refractivity contribution >= 4 is 28.1 Å². The first-order valence-electron chi connectivity index (χ1n) is 14.8. The monoisotopic (exact) mass is 568 g/mol. The van der Waals surface area contributed by atoms with E-state index in [1.807, 2.05) is 0 Å². The Labute approximate surface area is 246 Å². The molecule has 1 aromatic heterocycles. The normalized spacial score (nSPS) is 19.1. The average Bonchev–Trinajstić information content (AvgIpc) is 3.42. The Morgan fingerprint density at radius 1 is 1.12 bits per heavy atom. The van der Waals surface area contributed by atoms with Gasteiger partial charge in [-0.3, -0.25) is 4.79 Å². The summed E-state index contributed by atoms with van der Waals surface area (Å²) in [6.45, 7) is 9.90. The van der Waals surface area contributed by atoms with Gasteiger partial charge in [0.05, 0.1) is 17.9 Å². The summed E-state index contributed by atoms with van der Waals surface area (Å²) in [6, 6.07) is 15.5. The Bertz CT molecular complexity index is 1570. The quantitative estimate of drug-likeness (QED) is 0.403. The van der Waals surface area contributed by atoms with Gasteiger partial charge in [0.25, 0.3) is 5.91 Å². The van der Waals surface area contributed by atoms with Gasteiger partial charge < -0.3 is 24.3 Å². The maximum atomic E-state index is 13.6. The third kappa shape index (κ3) is 5.16. The number of amides is 1. The minimum absolute atomic E-state index is 0.288. The van der Waals surface area contributed by atoms with Crippen LogP contribution >= 0.6 is 0 Å². The molecule has 1 atom stereocenters. The molecule has 0 aliphatic carbocycles. The predicted molar refractivity (Wildman–Crippen MR) is 163 cm³/mol. The molecule has 3 aliphatic heterocycles. The second kappa shape index (κ2) is 11.6. The van der Waals surface area contributed by atoms with Gasteiger partial charge in [0.15, 0.2) is 5.83 Å². The molecule has 2 saturated heterocycles. The fraction of sp³-hybridized carbons (Fsp3) is 0.424. The van der Waals surface area contributed by atoms with Crippen LogP contribution in [0.3, 0.4) is 0 Å². The number of nitriles is 1. The Hall–Kier alpha value is -4.16. The fourth-order valence-electron chi connectivity index (χ4n) is 6.73. The molecule has 9 heteroatoms. The first-order chi connectivity index (χ1) is 20.4. The second-order valence-corrected chi connectivity index (χ2v) is 11.6. The van der Waals surface area contributed by atoms with Gasteiger partial charge >= 0.3 is 0 Å². The number of likely N-dealkylation sites (N-methyl/N-ethyl adjacent to an activating group) is 1. The van der Waals surface area contributed by atoms with E-state index >= 15 is 0 Å². The Balaban J connectivity index is 1.37. The van der Waals surface area contributed by atoms with Crippen LogP contribution in [0.15, 0.2) is 48.8 Å². The molecule has 0 radical (unpaired) electrons. The summed E-state index contributed by atoms with van der Waals surface area (Å²) in [7, 11) is 2.11. The molecule has 8 nitrogen and oxygen atoms in total. The number of anilines is 2. The molecule has 0 N–H and O–H groups in total. The number of rotatable bonds is 6. The van der Waals surface area contributed by atoms with E-state index in [9.17, 15) is 14.4 Å². The van der Waals surface area contributed by atoms with Gasteiger partial charge in [0, 0.05) is 55.4 Å². The number of pyridine rings is 1. The number of ether oxygens (including phenoxy) is 1. The molecule has 1 amide bonds. The topological polar surface area (TPSA) is 75.9 Å². The van der Waals surface area contributed by atoms with Gasteiger partial charge in [0.1, 0.15) is 18.2 Å². The van der Waals surface area contributed by atoms with E-state index in [4.69, 9.17) is 9.72 Å². The minimum Gasteiger partial charge on any atom is -0.475 e. The number of nitrogens with zero attached hydrogens (tertiary/aromatic N) is 6. The highest BCUT2D eigenvalue weighted by Gasteiger charge is 2.32. The minimum atomic E-state index is -0.946. The standard InChI is InChI=1S/C33H37FN6O2/c1-22-7-4-8-24-9-5-11-29(30(22)24)40-14-12-26-28(20-40)36-32(42-21-25-10-6-13-37(25)3)27(19-35)31(26)38-15-17-39(18-16-38)33(41)23(2)34/h4-5,7-9,11,25H,2,6,10,12-18,20-21H2,1,3H3. The van der Waals surface area contributed by atoms with Crippen molar-refractivity contribution in [2.75, 3.05) is 62.7 Å². The van der Waals surface area contributed by atoms with Crippen LogP contribution in [0, 0.1) is 18.3 Å². The predicted octanol–water partition coefficient (Wildman–Crippen LogP) is 4.58. The van der Waals surface area contributed by atoms with Gasteiger partial charge in [-0.1, -0.05) is 36.9 Å². The third-order valence-corrected chi connectivity index (χ3v) is 9.04. The number of aromatic nitrogens is 1. The van der Waals surface area contributed by atoms with Crippen LogP contribution in [0.2, 0.25) is 0 Å². The number of carbonyl (C=O) groups is 1. The van der Waals surface area contributed by atoms with Crippen molar-refractivity contribution < 1.29 is 13.9 Å². The number of hydrogen-bond acceptors (Lipinski definition) is 7. The van der Waals surface area contributed by atoms with Crippen molar-refractivity contribution in [3.05, 3.63) is 71.2 Å². The van der Waals surface area contributed by atoms with E-state index in [1.54, 1.807) is 0 Å². The zero-order valence-electron chi connectivity index (χ0n) is 24.4. The van der Waals surface area contributed by atoms with Crippen molar-refractivity contribution in [3.8, 4) is 11.9 Å². The van der Waals surface area contributed by atoms with E-state index in [-0.39, 0.29) is 6.04 Å². The van der Waals surface area contributed by atoms with Gasteiger partial charge in [-0.25, -0.2) is 9.37 Å². The van der Waals surface area contributed by atoms with Crippen LogP contribution in [-0.4, -0.2) is 79.7 Å². The molecule has 3 aromatic rings. The number of benzene rings is 2. The van der Waals surface area contributed by atoms with Crippen LogP contribution in [0.1, 0.15) is 35.2 Å². The molecular weight excluding hydrogens is 531 g/mol. The molecule has 4 heterocycles. The summed E-state index contributed by atoms with van der Waals surface area (Å²) in [4.78, 5) is 25.5. The van der Waals surface area contributed by atoms with Crippen molar-refractivity contribution in [2.24, 2.45) is 0 Å². The molecule has 2 fully saturated rings. The van der Waals surface area contributed by atoms with Gasteiger partial charge in [-0.05, 0) is 56.8 Å². The summed E-state index contributed by atoms with van der Waals surface area (Å²) in [5, 5.41) is 12.9. The van der Waals surface area contributed by atoms with Crippen LogP contribution in [0.5, 0.6) is 5.88 Å². The summed E-state index contributed by atoms with van der Waals surface area (Å²) < 4.78 is 19.9. The molecule has 0 saturated carbocycles. The van der Waals surface area contributed by atoms with Gasteiger partial charge in [-0.15, -0.1) is 0 Å². The second-order valence-electron chi connectivity index (χ2n) is 11.6. The van der Waals surface area contributed by atoms with Crippen molar-refractivity contribution in [1.82, 2.24) is 14.8 Å². The lowest BCUT2D eigenvalue weighted by Crippen LogP contribution is -2.49. The van der Waals surface area contributed by atoms with Gasteiger partial charge in [0.2, 0.25) is 5.88 Å². The summed E-state index contributed by atoms with van der Waals surface area (Å²) in [6.07, 6.45) is 2.91. The molecule has 2 aromatic carbocycles. The smallest absolute Gasteiger partial charge is 0.282 e. The molecule has 42 heavy (non-hydrogen) atoms. The number of likely N-dealkylation sites (tertiary alicyclic amines) is 1. The highest BCUT2D eigenvalue weighted by Crippen LogP contribution is 2.39. The van der Waals surface area contributed by atoms with E-state index in [0.717, 1.165) is 49.3 Å². The number of halogens is 1. The molecule has 3 aliphatic rings. The van der Waals surface area contributed by atoms with Crippen molar-refractivity contribution in [3.63, 3.8) is 0 Å². The van der Waals surface area contributed by atoms with Gasteiger partial charge in [-0.2, -0.15) is 5.26 Å². The van der Waals surface area contributed by atoms with Crippen LogP contribution in [0.4, 0.5) is 15.8 Å². The lowest BCUT2D eigenvalue weighted by atomic mass is 9.96. The molecular formula is C33H37FN6O2. The number of carbonyl (C=O) groups excluding carboxylic acids is 1. The lowest BCUT2D eigenvalue weighted by molar-refractivity contribution is -0.128. The summed E-state index contributed by atoms with van der Waals surface area (Å²) in [5.41, 5.74) is 5.66. The van der Waals surface area contributed by atoms with E-state index < -0.39 is 11.7 Å². The van der Waals surface area contributed by atoms with Crippen LogP contribution in [-0.2, 0) is 17.8 Å². The maximum Gasteiger partial charge on any atom is 0.282 e. The highest BCUT2D eigenvalue weighted by atomic mass is 19.1. The fourth-order valence-corrected chi connectivity index (χ4v) is 6.73. The number of fused-ring (bicyclic) bond motifs is 2. The van der Waals surface area contributed by atoms with E-state index in [0.29, 0.717) is 50.8 Å². The maximum absolute atomic E-state index is 13.6. The average molecular weight is 569 g/mol. The molecule has 1 unspecified atom stereocenters. The Morgan fingerprint density at radius 2 is 1.88 bits per heavy atom. The molecule has 218 valence electrons. The number of piperazine rings is 1. The molecule has 6 rings (SSSR count). The Kier molecular flexibility index (Phi) is 7.74. The first kappa shape index (κ1) is 28.0. The van der Waals surface area contributed by atoms with Crippen LogP contribution < -0.4 is 14.5 Å². The van der Waals surface area contributed by atoms with Crippen molar-refractivity contribution in [1.29, 1.82) is 5.26 Å². The number of aryl methyl sites for hydroxylation is 1. The summed E-state index contributed by atoms with van der Waals surface area (Å²) in [5.74, 6) is -1.24. The lowest BCUT2D eigenvalue weighted by Gasteiger charge is -2.39. The zero-order chi connectivity index (χ0) is 29.4. The SMILES string of the molecule is C=C(F)C(=O)N1CCN(c2c(C#N)c(OCC3CCCN3C)nc3c2CCN(c2cccc4cccc(C)c24)C3)CC1. The molecule has 0 bridgehead atoms. The van der Waals surface area contributed by atoms with Crippen molar-refractivity contribution in [2.45, 2.75) is 38.8 Å². The van der Waals surface area contributed by atoms with Crippen LogP contribution in [0.25, 0.3) is 10.8 Å². The first-order valence-corrected chi connectivity index (χ1v) is 14.8.